The summed E-state index contributed by atoms with van der Waals surface area (Å²) in [5, 5.41) is 2.80. The van der Waals surface area contributed by atoms with Gasteiger partial charge in [-0.25, -0.2) is 9.97 Å². The monoisotopic (exact) mass is 309 g/mol. The Morgan fingerprint density at radius 3 is 2.70 bits per heavy atom. The van der Waals surface area contributed by atoms with E-state index in [-0.39, 0.29) is 12.3 Å². The normalized spacial score (nSPS) is 11.6. The number of carbonyl (C=O) groups excluding carboxylic acids is 1. The molecule has 0 unspecified atom stereocenters. The van der Waals surface area contributed by atoms with Gasteiger partial charge in [-0.15, -0.1) is 0 Å². The fourth-order valence-corrected chi connectivity index (χ4v) is 2.36. The molecule has 0 aliphatic rings. The van der Waals surface area contributed by atoms with Crippen molar-refractivity contribution in [1.82, 2.24) is 14.5 Å². The molecule has 3 N–H and O–H groups in total. The van der Waals surface area contributed by atoms with Gasteiger partial charge < -0.3 is 11.1 Å². The summed E-state index contributed by atoms with van der Waals surface area (Å²) in [6.45, 7) is 3.64. The maximum Gasteiger partial charge on any atom is 0.226 e. The predicted octanol–water partition coefficient (Wildman–Crippen LogP) is 2.49. The van der Waals surface area contributed by atoms with Gasteiger partial charge in [0.2, 0.25) is 5.91 Å². The highest BCUT2D eigenvalue weighted by Crippen LogP contribution is 2.17. The van der Waals surface area contributed by atoms with Crippen LogP contribution in [0.4, 0.5) is 5.69 Å². The van der Waals surface area contributed by atoms with Crippen LogP contribution >= 0.6 is 0 Å². The maximum absolute atomic E-state index is 11.9. The Morgan fingerprint density at radius 1 is 1.22 bits per heavy atom. The van der Waals surface area contributed by atoms with Crippen molar-refractivity contribution in [3.05, 3.63) is 48.9 Å². The summed E-state index contributed by atoms with van der Waals surface area (Å²) in [7, 11) is 0. The van der Waals surface area contributed by atoms with E-state index in [2.05, 4.69) is 15.3 Å². The van der Waals surface area contributed by atoms with E-state index in [1.807, 2.05) is 54.8 Å². The highest BCUT2D eigenvalue weighted by molar-refractivity contribution is 5.91. The third kappa shape index (κ3) is 3.54. The van der Waals surface area contributed by atoms with Crippen LogP contribution in [0.2, 0.25) is 0 Å². The molecular formula is C17H19N5O. The van der Waals surface area contributed by atoms with Gasteiger partial charge in [0.1, 0.15) is 12.1 Å². The average Bonchev–Trinajstić information content (AvgIpc) is 2.90. The Labute approximate surface area is 134 Å². The summed E-state index contributed by atoms with van der Waals surface area (Å²) in [4.78, 5) is 20.6. The van der Waals surface area contributed by atoms with Crippen molar-refractivity contribution in [2.24, 2.45) is 5.73 Å². The second-order valence-corrected chi connectivity index (χ2v) is 6.22. The van der Waals surface area contributed by atoms with E-state index in [4.69, 9.17) is 5.73 Å². The molecule has 2 aromatic heterocycles. The molecule has 0 aliphatic carbocycles. The number of amides is 1. The SMILES string of the molecule is CC(C)(N)CC(=O)Nc1ccc(-n2cnc3ccccc32)nc1. The van der Waals surface area contributed by atoms with E-state index in [9.17, 15) is 4.79 Å². The minimum atomic E-state index is -0.535. The topological polar surface area (TPSA) is 85.8 Å². The summed E-state index contributed by atoms with van der Waals surface area (Å²) in [5.41, 5.74) is 7.86. The Bertz CT molecular complexity index is 830. The number of fused-ring (bicyclic) bond motifs is 1. The number of imidazole rings is 1. The second-order valence-electron chi connectivity index (χ2n) is 6.22. The van der Waals surface area contributed by atoms with Gasteiger partial charge in [-0.1, -0.05) is 12.1 Å². The third-order valence-corrected chi connectivity index (χ3v) is 3.35. The molecule has 0 saturated carbocycles. The number of aromatic nitrogens is 3. The number of rotatable bonds is 4. The molecule has 1 aromatic carbocycles. The van der Waals surface area contributed by atoms with Gasteiger partial charge in [0.05, 0.1) is 22.9 Å². The summed E-state index contributed by atoms with van der Waals surface area (Å²) in [6.07, 6.45) is 3.62. The van der Waals surface area contributed by atoms with Crippen LogP contribution in [0.5, 0.6) is 0 Å². The van der Waals surface area contributed by atoms with Crippen LogP contribution in [0, 0.1) is 0 Å². The average molecular weight is 309 g/mol. The minimum absolute atomic E-state index is 0.125. The highest BCUT2D eigenvalue weighted by atomic mass is 16.1. The van der Waals surface area contributed by atoms with Crippen LogP contribution in [0.15, 0.2) is 48.9 Å². The molecule has 6 heteroatoms. The molecule has 0 aliphatic heterocycles. The number of anilines is 1. The van der Waals surface area contributed by atoms with E-state index in [1.54, 1.807) is 12.5 Å². The van der Waals surface area contributed by atoms with Crippen LogP contribution < -0.4 is 11.1 Å². The van der Waals surface area contributed by atoms with Gasteiger partial charge in [-0.2, -0.15) is 0 Å². The molecule has 23 heavy (non-hydrogen) atoms. The first kappa shape index (κ1) is 15.2. The van der Waals surface area contributed by atoms with Crippen LogP contribution in [0.1, 0.15) is 20.3 Å². The lowest BCUT2D eigenvalue weighted by Gasteiger charge is -2.17. The Balaban J connectivity index is 1.78. The van der Waals surface area contributed by atoms with Crippen molar-refractivity contribution in [2.75, 3.05) is 5.32 Å². The molecule has 0 radical (unpaired) electrons. The Morgan fingerprint density at radius 2 is 2.00 bits per heavy atom. The molecule has 6 nitrogen and oxygen atoms in total. The zero-order valence-corrected chi connectivity index (χ0v) is 13.2. The summed E-state index contributed by atoms with van der Waals surface area (Å²) in [5.74, 6) is 0.621. The van der Waals surface area contributed by atoms with E-state index in [0.29, 0.717) is 5.69 Å². The number of hydrogen-bond donors (Lipinski definition) is 2. The molecule has 118 valence electrons. The lowest BCUT2D eigenvalue weighted by atomic mass is 10.0. The summed E-state index contributed by atoms with van der Waals surface area (Å²) >= 11 is 0. The fourth-order valence-electron chi connectivity index (χ4n) is 2.36. The highest BCUT2D eigenvalue weighted by Gasteiger charge is 2.16. The van der Waals surface area contributed by atoms with E-state index in [0.717, 1.165) is 16.9 Å². The zero-order chi connectivity index (χ0) is 16.4. The van der Waals surface area contributed by atoms with E-state index >= 15 is 0 Å². The lowest BCUT2D eigenvalue weighted by molar-refractivity contribution is -0.117. The van der Waals surface area contributed by atoms with Crippen LogP contribution in [-0.4, -0.2) is 26.0 Å². The maximum atomic E-state index is 11.9. The van der Waals surface area contributed by atoms with E-state index < -0.39 is 5.54 Å². The standard InChI is InChI=1S/C17H19N5O/c1-17(2,18)9-16(23)21-12-7-8-15(19-10-12)22-11-20-13-5-3-4-6-14(13)22/h3-8,10-11H,9,18H2,1-2H3,(H,21,23). The number of benzene rings is 1. The van der Waals surface area contributed by atoms with Crippen LogP contribution in [0.3, 0.4) is 0 Å². The molecule has 2 heterocycles. The number of pyridine rings is 1. The first-order chi connectivity index (χ1) is 10.9. The Hall–Kier alpha value is -2.73. The molecule has 1 amide bonds. The smallest absolute Gasteiger partial charge is 0.226 e. The number of nitrogens with zero attached hydrogens (tertiary/aromatic N) is 3. The molecule has 3 aromatic rings. The van der Waals surface area contributed by atoms with E-state index in [1.165, 1.54) is 0 Å². The molecule has 0 bridgehead atoms. The van der Waals surface area contributed by atoms with Crippen LogP contribution in [-0.2, 0) is 4.79 Å². The quantitative estimate of drug-likeness (QED) is 0.775. The zero-order valence-electron chi connectivity index (χ0n) is 13.2. The van der Waals surface area contributed by atoms with Gasteiger partial charge in [0.15, 0.2) is 0 Å². The van der Waals surface area contributed by atoms with Crippen molar-refractivity contribution < 1.29 is 4.79 Å². The molecule has 0 fully saturated rings. The minimum Gasteiger partial charge on any atom is -0.325 e. The van der Waals surface area contributed by atoms with Gasteiger partial charge in [0, 0.05) is 12.0 Å². The first-order valence-electron chi connectivity index (χ1n) is 7.40. The summed E-state index contributed by atoms with van der Waals surface area (Å²) in [6, 6.07) is 11.5. The predicted molar refractivity (Wildman–Crippen MR) is 90.4 cm³/mol. The molecule has 0 saturated heterocycles. The number of carbonyl (C=O) groups is 1. The molecular weight excluding hydrogens is 290 g/mol. The van der Waals surface area contributed by atoms with Crippen molar-refractivity contribution >= 4 is 22.6 Å². The van der Waals surface area contributed by atoms with Gasteiger partial charge in [0.25, 0.3) is 0 Å². The fraction of sp³-hybridized carbons (Fsp3) is 0.235. The number of nitrogens with one attached hydrogen (secondary N) is 1. The Kier molecular flexibility index (Phi) is 3.83. The van der Waals surface area contributed by atoms with Crippen molar-refractivity contribution in [2.45, 2.75) is 25.8 Å². The molecule has 3 rings (SSSR count). The van der Waals surface area contributed by atoms with Crippen molar-refractivity contribution in [1.29, 1.82) is 0 Å². The van der Waals surface area contributed by atoms with Gasteiger partial charge >= 0.3 is 0 Å². The number of para-hydroxylation sites is 2. The number of nitrogens with two attached hydrogens (primary N) is 1. The van der Waals surface area contributed by atoms with Crippen molar-refractivity contribution in [3.63, 3.8) is 0 Å². The first-order valence-corrected chi connectivity index (χ1v) is 7.40. The van der Waals surface area contributed by atoms with Crippen molar-refractivity contribution in [3.8, 4) is 5.82 Å². The lowest BCUT2D eigenvalue weighted by Crippen LogP contribution is -2.36. The molecule has 0 atom stereocenters. The molecule has 0 spiro atoms. The third-order valence-electron chi connectivity index (χ3n) is 3.35. The summed E-state index contributed by atoms with van der Waals surface area (Å²) < 4.78 is 1.91. The van der Waals surface area contributed by atoms with Gasteiger partial charge in [-0.05, 0) is 38.1 Å². The van der Waals surface area contributed by atoms with Gasteiger partial charge in [-0.3, -0.25) is 9.36 Å². The van der Waals surface area contributed by atoms with Crippen LogP contribution in [0.25, 0.3) is 16.9 Å². The number of hydrogen-bond acceptors (Lipinski definition) is 4. The second kappa shape index (κ2) is 5.81. The largest absolute Gasteiger partial charge is 0.325 e.